The number of halogens is 1. The van der Waals surface area contributed by atoms with Crippen molar-refractivity contribution in [2.24, 2.45) is 0 Å². The minimum atomic E-state index is -3.43. The van der Waals surface area contributed by atoms with Gasteiger partial charge in [-0.15, -0.1) is 0 Å². The van der Waals surface area contributed by atoms with Crippen LogP contribution in [0.25, 0.3) is 56.0 Å². The van der Waals surface area contributed by atoms with Crippen LogP contribution in [0.15, 0.2) is 67.3 Å². The van der Waals surface area contributed by atoms with Gasteiger partial charge in [-0.3, -0.25) is 20.1 Å². The lowest BCUT2D eigenvalue weighted by atomic mass is 10.1. The molecular formula is C25H19FN8O2S. The van der Waals surface area contributed by atoms with Crippen LogP contribution in [0.2, 0.25) is 0 Å². The number of pyridine rings is 3. The van der Waals surface area contributed by atoms with E-state index in [1.165, 1.54) is 12.1 Å². The molecule has 6 aromatic rings. The van der Waals surface area contributed by atoms with Crippen LogP contribution in [0.4, 0.5) is 4.39 Å². The lowest BCUT2D eigenvalue weighted by Gasteiger charge is -2.07. The lowest BCUT2D eigenvalue weighted by Crippen LogP contribution is -2.21. The lowest BCUT2D eigenvalue weighted by molar-refractivity contribution is 0.586. The first-order chi connectivity index (χ1) is 17.8. The van der Waals surface area contributed by atoms with Crippen molar-refractivity contribution in [3.05, 3.63) is 78.6 Å². The van der Waals surface area contributed by atoms with Gasteiger partial charge in [0.25, 0.3) is 0 Å². The summed E-state index contributed by atoms with van der Waals surface area (Å²) in [4.78, 5) is 21.1. The number of aromatic nitrogens is 7. The fourth-order valence-electron chi connectivity index (χ4n) is 4.13. The third kappa shape index (κ3) is 4.55. The van der Waals surface area contributed by atoms with Gasteiger partial charge in [0.05, 0.1) is 34.9 Å². The normalized spacial score (nSPS) is 11.9. The van der Waals surface area contributed by atoms with Crippen LogP contribution in [-0.2, 0) is 16.6 Å². The summed E-state index contributed by atoms with van der Waals surface area (Å²) < 4.78 is 39.8. The smallest absolute Gasteiger partial charge is 0.209 e. The molecule has 5 heterocycles. The molecule has 0 aliphatic rings. The van der Waals surface area contributed by atoms with Gasteiger partial charge in [0.1, 0.15) is 17.0 Å². The minimum absolute atomic E-state index is 0.0437. The zero-order chi connectivity index (χ0) is 25.6. The molecule has 0 unspecified atom stereocenters. The van der Waals surface area contributed by atoms with Gasteiger partial charge >= 0.3 is 0 Å². The summed E-state index contributed by atoms with van der Waals surface area (Å²) in [5.74, 6) is 0.000274. The van der Waals surface area contributed by atoms with Crippen molar-refractivity contribution < 1.29 is 12.8 Å². The van der Waals surface area contributed by atoms with E-state index in [2.05, 4.69) is 34.9 Å². The second-order valence-electron chi connectivity index (χ2n) is 8.51. The monoisotopic (exact) mass is 514 g/mol. The molecule has 184 valence electrons. The third-order valence-electron chi connectivity index (χ3n) is 5.80. The summed E-state index contributed by atoms with van der Waals surface area (Å²) in [5, 5.41) is 8.26. The largest absolute Gasteiger partial charge is 0.336 e. The molecule has 0 radical (unpaired) electrons. The van der Waals surface area contributed by atoms with Crippen molar-refractivity contribution in [2.75, 3.05) is 6.26 Å². The minimum Gasteiger partial charge on any atom is -0.336 e. The van der Waals surface area contributed by atoms with Crippen LogP contribution in [0.3, 0.4) is 0 Å². The Labute approximate surface area is 210 Å². The summed E-state index contributed by atoms with van der Waals surface area (Å²) in [6.07, 6.45) is 7.81. The van der Waals surface area contributed by atoms with Gasteiger partial charge in [-0.25, -0.2) is 22.5 Å². The molecule has 6 rings (SSSR count). The van der Waals surface area contributed by atoms with Gasteiger partial charge in [0.15, 0.2) is 5.82 Å². The summed E-state index contributed by atoms with van der Waals surface area (Å²) in [5.41, 5.74) is 5.58. The van der Waals surface area contributed by atoms with E-state index >= 15 is 0 Å². The molecule has 0 bridgehead atoms. The Balaban J connectivity index is 1.44. The number of nitrogens with one attached hydrogen (secondary N) is 3. The molecule has 0 saturated heterocycles. The average molecular weight is 515 g/mol. The Kier molecular flexibility index (Phi) is 5.46. The summed E-state index contributed by atoms with van der Waals surface area (Å²) in [6, 6.07) is 11.8. The number of H-pyrrole nitrogens is 2. The molecule has 0 aliphatic heterocycles. The van der Waals surface area contributed by atoms with Crippen molar-refractivity contribution in [1.82, 2.24) is 39.8 Å². The number of nitrogens with zero attached hydrogens (tertiary/aromatic N) is 5. The molecule has 10 nitrogen and oxygen atoms in total. The van der Waals surface area contributed by atoms with E-state index in [1.807, 2.05) is 18.2 Å². The van der Waals surface area contributed by atoms with E-state index in [-0.39, 0.29) is 6.54 Å². The van der Waals surface area contributed by atoms with Crippen LogP contribution in [0, 0.1) is 5.82 Å². The molecule has 0 fully saturated rings. The molecule has 0 saturated carbocycles. The Morgan fingerprint density at radius 1 is 0.973 bits per heavy atom. The topological polar surface area (TPSA) is 142 Å². The Bertz CT molecular complexity index is 1880. The van der Waals surface area contributed by atoms with E-state index < -0.39 is 15.8 Å². The van der Waals surface area contributed by atoms with E-state index in [1.54, 1.807) is 36.9 Å². The average Bonchev–Trinajstić information content (AvgIpc) is 3.51. The van der Waals surface area contributed by atoms with E-state index in [0.29, 0.717) is 39.4 Å². The molecule has 1 aromatic carbocycles. The van der Waals surface area contributed by atoms with Gasteiger partial charge in [-0.2, -0.15) is 5.10 Å². The molecule has 0 aliphatic carbocycles. The van der Waals surface area contributed by atoms with Crippen LogP contribution < -0.4 is 4.72 Å². The fourth-order valence-corrected chi connectivity index (χ4v) is 4.56. The maximum atomic E-state index is 14.5. The SMILES string of the molecule is CS(=O)(=O)NCc1cc(F)cc(-c2nccc3[nH]c(-c4n[nH]c5cnc(-c6cccnc6)cc45)nc23)c1. The highest BCUT2D eigenvalue weighted by Crippen LogP contribution is 2.32. The molecule has 0 atom stereocenters. The van der Waals surface area contributed by atoms with Crippen molar-refractivity contribution in [2.45, 2.75) is 6.54 Å². The van der Waals surface area contributed by atoms with Crippen molar-refractivity contribution in [3.63, 3.8) is 0 Å². The highest BCUT2D eigenvalue weighted by Gasteiger charge is 2.17. The number of rotatable bonds is 6. The van der Waals surface area contributed by atoms with Crippen molar-refractivity contribution in [3.8, 4) is 34.0 Å². The number of fused-ring (bicyclic) bond motifs is 2. The van der Waals surface area contributed by atoms with Crippen LogP contribution >= 0.6 is 0 Å². The number of benzene rings is 1. The first kappa shape index (κ1) is 22.9. The summed E-state index contributed by atoms with van der Waals surface area (Å²) >= 11 is 0. The maximum Gasteiger partial charge on any atom is 0.209 e. The number of hydrogen-bond donors (Lipinski definition) is 3. The van der Waals surface area contributed by atoms with Crippen molar-refractivity contribution in [1.29, 1.82) is 0 Å². The van der Waals surface area contributed by atoms with E-state index in [4.69, 9.17) is 4.98 Å². The standard InChI is InChI=1S/C25H19FN8O2S/c1-37(35,36)30-11-14-7-16(9-17(26)8-14)22-24-19(4-6-28-22)31-25(32-24)23-18-10-20(15-3-2-5-27-12-15)29-13-21(18)33-34-23/h2-10,12-13,30H,11H2,1H3,(H,31,32)(H,33,34). The highest BCUT2D eigenvalue weighted by molar-refractivity contribution is 7.88. The van der Waals surface area contributed by atoms with Gasteiger partial charge < -0.3 is 4.98 Å². The van der Waals surface area contributed by atoms with Crippen LogP contribution in [0.5, 0.6) is 0 Å². The molecule has 3 N–H and O–H groups in total. The van der Waals surface area contributed by atoms with Gasteiger partial charge in [-0.05, 0) is 48.0 Å². The fraction of sp³-hybridized carbons (Fsp3) is 0.0800. The molecule has 12 heteroatoms. The molecule has 37 heavy (non-hydrogen) atoms. The second kappa shape index (κ2) is 8.84. The second-order valence-corrected chi connectivity index (χ2v) is 10.3. The van der Waals surface area contributed by atoms with Gasteiger partial charge in [0, 0.05) is 41.6 Å². The Morgan fingerprint density at radius 3 is 2.68 bits per heavy atom. The number of sulfonamides is 1. The number of hydrogen-bond acceptors (Lipinski definition) is 7. The van der Waals surface area contributed by atoms with E-state index in [0.717, 1.165) is 28.4 Å². The van der Waals surface area contributed by atoms with E-state index in [9.17, 15) is 12.8 Å². The first-order valence-corrected chi connectivity index (χ1v) is 13.1. The summed E-state index contributed by atoms with van der Waals surface area (Å²) in [7, 11) is -3.43. The number of aromatic amines is 2. The zero-order valence-electron chi connectivity index (χ0n) is 19.4. The van der Waals surface area contributed by atoms with Crippen LogP contribution in [0.1, 0.15) is 5.56 Å². The molecule has 5 aromatic heterocycles. The van der Waals surface area contributed by atoms with Gasteiger partial charge in [-0.1, -0.05) is 0 Å². The van der Waals surface area contributed by atoms with Crippen LogP contribution in [-0.4, -0.2) is 49.8 Å². The third-order valence-corrected chi connectivity index (χ3v) is 6.47. The zero-order valence-corrected chi connectivity index (χ0v) is 20.2. The summed E-state index contributed by atoms with van der Waals surface area (Å²) in [6.45, 7) is -0.0437. The molecular weight excluding hydrogens is 495 g/mol. The maximum absolute atomic E-state index is 14.5. The highest BCUT2D eigenvalue weighted by atomic mass is 32.2. The predicted molar refractivity (Wildman–Crippen MR) is 137 cm³/mol. The van der Waals surface area contributed by atoms with Gasteiger partial charge in [0.2, 0.25) is 10.0 Å². The Morgan fingerprint density at radius 2 is 1.86 bits per heavy atom. The quantitative estimate of drug-likeness (QED) is 0.307. The Hall–Kier alpha value is -4.55. The number of imidazole rings is 1. The molecule has 0 amide bonds. The predicted octanol–water partition coefficient (Wildman–Crippen LogP) is 3.81. The molecule has 0 spiro atoms. The van der Waals surface area contributed by atoms with Crippen molar-refractivity contribution >= 4 is 32.0 Å². The first-order valence-electron chi connectivity index (χ1n) is 11.2.